The van der Waals surface area contributed by atoms with Crippen LogP contribution in [-0.4, -0.2) is 20.1 Å². The van der Waals surface area contributed by atoms with Gasteiger partial charge in [-0.1, -0.05) is 18.2 Å². The highest BCUT2D eigenvalue weighted by Gasteiger charge is 2.14. The first-order valence-electron chi connectivity index (χ1n) is 9.75. The minimum atomic E-state index is -0.231. The third-order valence-electron chi connectivity index (χ3n) is 5.04. The number of ether oxygens (including phenoxy) is 3. The van der Waals surface area contributed by atoms with Crippen LogP contribution in [0.4, 0.5) is 5.69 Å². The summed E-state index contributed by atoms with van der Waals surface area (Å²) in [5.41, 5.74) is 5.35. The van der Waals surface area contributed by atoms with Gasteiger partial charge in [0.1, 0.15) is 23.9 Å². The predicted octanol–water partition coefficient (Wildman–Crippen LogP) is 5.46. The number of carbonyl (C=O) groups is 1. The molecule has 0 aliphatic heterocycles. The molecule has 156 valence electrons. The Kier molecular flexibility index (Phi) is 6.62. The van der Waals surface area contributed by atoms with Gasteiger partial charge in [-0.2, -0.15) is 0 Å². The number of para-hydroxylation sites is 2. The topological polar surface area (TPSA) is 56.8 Å². The van der Waals surface area contributed by atoms with Crippen molar-refractivity contribution in [1.29, 1.82) is 0 Å². The number of hydrogen-bond donors (Lipinski definition) is 1. The molecule has 0 saturated heterocycles. The number of rotatable bonds is 7. The quantitative estimate of drug-likeness (QED) is 0.567. The summed E-state index contributed by atoms with van der Waals surface area (Å²) in [6.07, 6.45) is 0. The second-order valence-electron chi connectivity index (χ2n) is 7.17. The first kappa shape index (κ1) is 21.2. The molecule has 5 heteroatoms. The van der Waals surface area contributed by atoms with Gasteiger partial charge in [0, 0.05) is 11.1 Å². The molecular weight excluding hydrogens is 378 g/mol. The Hall–Kier alpha value is -3.47. The molecule has 0 heterocycles. The van der Waals surface area contributed by atoms with Crippen LogP contribution in [0.3, 0.4) is 0 Å². The average Bonchev–Trinajstić information content (AvgIpc) is 2.75. The molecule has 0 fully saturated rings. The van der Waals surface area contributed by atoms with Crippen LogP contribution in [0.15, 0.2) is 54.6 Å². The van der Waals surface area contributed by atoms with Gasteiger partial charge in [-0.25, -0.2) is 0 Å². The molecule has 0 aromatic heterocycles. The number of carbonyl (C=O) groups excluding carboxylic acids is 1. The van der Waals surface area contributed by atoms with Crippen molar-refractivity contribution in [2.75, 3.05) is 19.5 Å². The van der Waals surface area contributed by atoms with E-state index >= 15 is 0 Å². The zero-order valence-corrected chi connectivity index (χ0v) is 18.0. The van der Waals surface area contributed by atoms with Crippen LogP contribution in [-0.2, 0) is 6.61 Å². The maximum Gasteiger partial charge on any atom is 0.255 e. The van der Waals surface area contributed by atoms with Crippen LogP contribution >= 0.6 is 0 Å². The third-order valence-corrected chi connectivity index (χ3v) is 5.04. The van der Waals surface area contributed by atoms with Gasteiger partial charge in [0.15, 0.2) is 0 Å². The van der Waals surface area contributed by atoms with Crippen LogP contribution in [0.2, 0.25) is 0 Å². The fourth-order valence-electron chi connectivity index (χ4n) is 3.28. The standard InChI is InChI=1S/C25H27NO4/c1-16-12-17(2)18(3)24(13-16)30-15-20-14-19(10-11-22(20)28-4)25(27)26-21-8-6-7-9-23(21)29-5/h6-14H,15H2,1-5H3,(H,26,27). The number of nitrogens with one attached hydrogen (secondary N) is 1. The maximum absolute atomic E-state index is 12.8. The second kappa shape index (κ2) is 9.35. The molecule has 1 N–H and O–H groups in total. The Bertz CT molecular complexity index is 1060. The van der Waals surface area contributed by atoms with Crippen LogP contribution in [0.1, 0.15) is 32.6 Å². The summed E-state index contributed by atoms with van der Waals surface area (Å²) in [5, 5.41) is 2.89. The van der Waals surface area contributed by atoms with Crippen LogP contribution < -0.4 is 19.5 Å². The van der Waals surface area contributed by atoms with Gasteiger partial charge in [0.2, 0.25) is 0 Å². The zero-order valence-electron chi connectivity index (χ0n) is 18.0. The van der Waals surface area contributed by atoms with Crippen molar-refractivity contribution in [2.45, 2.75) is 27.4 Å². The summed E-state index contributed by atoms with van der Waals surface area (Å²) in [6, 6.07) is 16.8. The smallest absolute Gasteiger partial charge is 0.255 e. The number of benzene rings is 3. The highest BCUT2D eigenvalue weighted by molar-refractivity contribution is 6.05. The van der Waals surface area contributed by atoms with Gasteiger partial charge < -0.3 is 19.5 Å². The maximum atomic E-state index is 12.8. The molecule has 5 nitrogen and oxygen atoms in total. The molecule has 0 aliphatic rings. The first-order valence-corrected chi connectivity index (χ1v) is 9.75. The molecule has 1 amide bonds. The molecule has 0 unspecified atom stereocenters. The van der Waals surface area contributed by atoms with E-state index in [-0.39, 0.29) is 5.91 Å². The molecule has 3 rings (SSSR count). The fraction of sp³-hybridized carbons (Fsp3) is 0.240. The van der Waals surface area contributed by atoms with Crippen molar-refractivity contribution in [3.8, 4) is 17.2 Å². The molecular formula is C25H27NO4. The van der Waals surface area contributed by atoms with E-state index in [0.29, 0.717) is 29.4 Å². The third kappa shape index (κ3) is 4.74. The van der Waals surface area contributed by atoms with Crippen molar-refractivity contribution in [3.63, 3.8) is 0 Å². The Morgan fingerprint density at radius 3 is 2.33 bits per heavy atom. The van der Waals surface area contributed by atoms with Gasteiger partial charge in [-0.3, -0.25) is 4.79 Å². The van der Waals surface area contributed by atoms with E-state index in [1.807, 2.05) is 32.0 Å². The van der Waals surface area contributed by atoms with E-state index in [0.717, 1.165) is 22.4 Å². The summed E-state index contributed by atoms with van der Waals surface area (Å²) in [6.45, 7) is 6.45. The highest BCUT2D eigenvalue weighted by Crippen LogP contribution is 2.28. The van der Waals surface area contributed by atoms with Crippen molar-refractivity contribution in [2.24, 2.45) is 0 Å². The molecule has 3 aromatic rings. The summed E-state index contributed by atoms with van der Waals surface area (Å²) >= 11 is 0. The minimum Gasteiger partial charge on any atom is -0.496 e. The Morgan fingerprint density at radius 1 is 0.867 bits per heavy atom. The zero-order chi connectivity index (χ0) is 21.7. The van der Waals surface area contributed by atoms with Crippen molar-refractivity contribution in [3.05, 3.63) is 82.4 Å². The van der Waals surface area contributed by atoms with Crippen molar-refractivity contribution < 1.29 is 19.0 Å². The molecule has 0 radical (unpaired) electrons. The molecule has 30 heavy (non-hydrogen) atoms. The normalized spacial score (nSPS) is 10.4. The van der Waals surface area contributed by atoms with Gasteiger partial charge >= 0.3 is 0 Å². The van der Waals surface area contributed by atoms with E-state index in [4.69, 9.17) is 14.2 Å². The van der Waals surface area contributed by atoms with E-state index in [1.165, 1.54) is 5.56 Å². The molecule has 0 atom stereocenters. The van der Waals surface area contributed by atoms with Crippen LogP contribution in [0.25, 0.3) is 0 Å². The summed E-state index contributed by atoms with van der Waals surface area (Å²) in [7, 11) is 3.18. The molecule has 0 bridgehead atoms. The number of anilines is 1. The van der Waals surface area contributed by atoms with Gasteiger partial charge in [0.05, 0.1) is 19.9 Å². The SMILES string of the molecule is COc1ccc(C(=O)Nc2ccccc2OC)cc1COc1cc(C)cc(C)c1C. The summed E-state index contributed by atoms with van der Waals surface area (Å²) in [4.78, 5) is 12.8. The number of hydrogen-bond acceptors (Lipinski definition) is 4. The van der Waals surface area contributed by atoms with E-state index in [1.54, 1.807) is 44.6 Å². The Balaban J connectivity index is 1.82. The Labute approximate surface area is 177 Å². The predicted molar refractivity (Wildman–Crippen MR) is 119 cm³/mol. The Morgan fingerprint density at radius 2 is 1.60 bits per heavy atom. The summed E-state index contributed by atoms with van der Waals surface area (Å²) in [5.74, 6) is 1.88. The molecule has 0 saturated carbocycles. The first-order chi connectivity index (χ1) is 14.4. The minimum absolute atomic E-state index is 0.231. The van der Waals surface area contributed by atoms with E-state index in [2.05, 4.69) is 18.3 Å². The lowest BCUT2D eigenvalue weighted by Crippen LogP contribution is -2.13. The lowest BCUT2D eigenvalue weighted by atomic mass is 10.1. The van der Waals surface area contributed by atoms with Crippen molar-refractivity contribution in [1.82, 2.24) is 0 Å². The van der Waals surface area contributed by atoms with Crippen LogP contribution in [0, 0.1) is 20.8 Å². The van der Waals surface area contributed by atoms with Gasteiger partial charge in [-0.15, -0.1) is 0 Å². The van der Waals surface area contributed by atoms with Crippen molar-refractivity contribution >= 4 is 11.6 Å². The monoisotopic (exact) mass is 405 g/mol. The lowest BCUT2D eigenvalue weighted by molar-refractivity contribution is 0.102. The number of aryl methyl sites for hydroxylation is 2. The highest BCUT2D eigenvalue weighted by atomic mass is 16.5. The van der Waals surface area contributed by atoms with Gasteiger partial charge in [-0.05, 0) is 73.9 Å². The molecule has 0 aliphatic carbocycles. The van der Waals surface area contributed by atoms with Gasteiger partial charge in [0.25, 0.3) is 5.91 Å². The number of amides is 1. The molecule has 3 aromatic carbocycles. The lowest BCUT2D eigenvalue weighted by Gasteiger charge is -2.15. The fourth-order valence-corrected chi connectivity index (χ4v) is 3.28. The average molecular weight is 405 g/mol. The summed E-state index contributed by atoms with van der Waals surface area (Å²) < 4.78 is 16.9. The van der Waals surface area contributed by atoms with E-state index < -0.39 is 0 Å². The number of methoxy groups -OCH3 is 2. The second-order valence-corrected chi connectivity index (χ2v) is 7.17. The van der Waals surface area contributed by atoms with E-state index in [9.17, 15) is 4.79 Å². The molecule has 0 spiro atoms. The largest absolute Gasteiger partial charge is 0.496 e. The van der Waals surface area contributed by atoms with Crippen LogP contribution in [0.5, 0.6) is 17.2 Å².